The van der Waals surface area contributed by atoms with E-state index in [-0.39, 0.29) is 0 Å². The zero-order valence-electron chi connectivity index (χ0n) is 16.8. The maximum absolute atomic E-state index is 8.65. The summed E-state index contributed by atoms with van der Waals surface area (Å²) in [6.45, 7) is 0.804. The van der Waals surface area contributed by atoms with Crippen molar-refractivity contribution in [2.24, 2.45) is 0 Å². The van der Waals surface area contributed by atoms with Crippen LogP contribution in [0.5, 0.6) is 0 Å². The number of pyridine rings is 1. The van der Waals surface area contributed by atoms with Gasteiger partial charge in [0.1, 0.15) is 0 Å². The standard InChI is InChI=1S/C27H23N3/c28-17-7-8-18-29-25-15-13-21(14-16-25)24-19-26(22-9-3-1-4-10-22)30-27(20-24)23-11-5-2-6-12-23/h1-6,9-16,19-20,29H,7-8,18H2. The van der Waals surface area contributed by atoms with Gasteiger partial charge in [-0.2, -0.15) is 5.26 Å². The van der Waals surface area contributed by atoms with Crippen LogP contribution in [0.25, 0.3) is 33.6 Å². The zero-order valence-corrected chi connectivity index (χ0v) is 16.8. The Morgan fingerprint density at radius 2 is 1.23 bits per heavy atom. The van der Waals surface area contributed by atoms with E-state index in [9.17, 15) is 0 Å². The minimum Gasteiger partial charge on any atom is -0.385 e. The normalized spacial score (nSPS) is 10.4. The SMILES string of the molecule is N#CCCCNc1ccc(-c2cc(-c3ccccc3)nc(-c3ccccc3)c2)cc1. The fourth-order valence-electron chi connectivity index (χ4n) is 3.39. The van der Waals surface area contributed by atoms with Gasteiger partial charge < -0.3 is 5.32 Å². The van der Waals surface area contributed by atoms with Crippen molar-refractivity contribution >= 4 is 5.69 Å². The van der Waals surface area contributed by atoms with Gasteiger partial charge in [-0.05, 0) is 41.8 Å². The van der Waals surface area contributed by atoms with Gasteiger partial charge in [0.2, 0.25) is 0 Å². The Labute approximate surface area is 177 Å². The second-order valence-corrected chi connectivity index (χ2v) is 7.12. The van der Waals surface area contributed by atoms with E-state index < -0.39 is 0 Å². The van der Waals surface area contributed by atoms with Gasteiger partial charge in [-0.1, -0.05) is 72.8 Å². The first-order chi connectivity index (χ1) is 14.8. The molecule has 4 aromatic rings. The van der Waals surface area contributed by atoms with Gasteiger partial charge in [0.15, 0.2) is 0 Å². The first-order valence-electron chi connectivity index (χ1n) is 10.2. The summed E-state index contributed by atoms with van der Waals surface area (Å²) in [6, 6.07) is 35.5. The van der Waals surface area contributed by atoms with E-state index in [1.54, 1.807) is 0 Å². The Hall–Kier alpha value is -3.90. The van der Waals surface area contributed by atoms with Crippen LogP contribution in [0.3, 0.4) is 0 Å². The summed E-state index contributed by atoms with van der Waals surface area (Å²) in [5.41, 5.74) is 7.49. The quantitative estimate of drug-likeness (QED) is 0.354. The molecule has 1 aromatic heterocycles. The number of benzene rings is 3. The van der Waals surface area contributed by atoms with Crippen LogP contribution in [0.15, 0.2) is 97.1 Å². The average Bonchev–Trinajstić information content (AvgIpc) is 2.83. The number of nitrogens with zero attached hydrogens (tertiary/aromatic N) is 2. The summed E-state index contributed by atoms with van der Waals surface area (Å²) < 4.78 is 0. The third kappa shape index (κ3) is 4.74. The third-order valence-corrected chi connectivity index (χ3v) is 4.98. The van der Waals surface area contributed by atoms with Gasteiger partial charge in [0, 0.05) is 29.8 Å². The number of nitriles is 1. The first-order valence-corrected chi connectivity index (χ1v) is 10.2. The second kappa shape index (κ2) is 9.54. The van der Waals surface area contributed by atoms with E-state index in [1.807, 2.05) is 36.4 Å². The predicted molar refractivity (Wildman–Crippen MR) is 124 cm³/mol. The fraction of sp³-hybridized carbons (Fsp3) is 0.111. The van der Waals surface area contributed by atoms with Gasteiger partial charge in [-0.25, -0.2) is 4.98 Å². The Balaban J connectivity index is 1.68. The molecule has 1 N–H and O–H groups in total. The molecule has 0 atom stereocenters. The zero-order chi connectivity index (χ0) is 20.6. The minimum atomic E-state index is 0.576. The molecule has 0 fully saturated rings. The number of rotatable bonds is 7. The summed E-state index contributed by atoms with van der Waals surface area (Å²) in [4.78, 5) is 4.94. The van der Waals surface area contributed by atoms with E-state index >= 15 is 0 Å². The highest BCUT2D eigenvalue weighted by atomic mass is 14.9. The van der Waals surface area contributed by atoms with Crippen LogP contribution < -0.4 is 5.32 Å². The van der Waals surface area contributed by atoms with Crippen molar-refractivity contribution in [1.29, 1.82) is 5.26 Å². The summed E-state index contributed by atoms with van der Waals surface area (Å²) >= 11 is 0. The molecule has 3 nitrogen and oxygen atoms in total. The summed E-state index contributed by atoms with van der Waals surface area (Å²) in [6.07, 6.45) is 1.43. The number of unbranched alkanes of at least 4 members (excludes halogenated alkanes) is 1. The molecule has 0 amide bonds. The van der Waals surface area contributed by atoms with Crippen LogP contribution in [0.1, 0.15) is 12.8 Å². The maximum atomic E-state index is 8.65. The van der Waals surface area contributed by atoms with Crippen LogP contribution >= 0.6 is 0 Å². The van der Waals surface area contributed by atoms with Crippen LogP contribution in [-0.2, 0) is 0 Å². The van der Waals surface area contributed by atoms with E-state index in [1.165, 1.54) is 0 Å². The number of hydrogen-bond donors (Lipinski definition) is 1. The highest BCUT2D eigenvalue weighted by molar-refractivity contribution is 5.77. The molecule has 0 spiro atoms. The maximum Gasteiger partial charge on any atom is 0.0715 e. The van der Waals surface area contributed by atoms with E-state index in [0.717, 1.165) is 52.3 Å². The van der Waals surface area contributed by atoms with Gasteiger partial charge in [-0.15, -0.1) is 0 Å². The van der Waals surface area contributed by atoms with Crippen molar-refractivity contribution in [2.75, 3.05) is 11.9 Å². The smallest absolute Gasteiger partial charge is 0.0715 e. The van der Waals surface area contributed by atoms with Crippen molar-refractivity contribution in [3.8, 4) is 39.7 Å². The van der Waals surface area contributed by atoms with Crippen LogP contribution in [0.4, 0.5) is 5.69 Å². The lowest BCUT2D eigenvalue weighted by molar-refractivity contribution is 0.898. The molecule has 3 aromatic carbocycles. The number of hydrogen-bond acceptors (Lipinski definition) is 3. The molecule has 0 saturated carbocycles. The molecule has 0 radical (unpaired) electrons. The predicted octanol–water partition coefficient (Wildman–Crippen LogP) is 6.80. The average molecular weight is 390 g/mol. The van der Waals surface area contributed by atoms with Crippen molar-refractivity contribution in [2.45, 2.75) is 12.8 Å². The molecule has 1 heterocycles. The largest absolute Gasteiger partial charge is 0.385 e. The molecule has 3 heteroatoms. The molecule has 0 aliphatic carbocycles. The highest BCUT2D eigenvalue weighted by Crippen LogP contribution is 2.30. The molecule has 0 saturated heterocycles. The Bertz CT molecular complexity index is 1070. The van der Waals surface area contributed by atoms with Gasteiger partial charge in [-0.3, -0.25) is 0 Å². The molecular weight excluding hydrogens is 366 g/mol. The summed E-state index contributed by atoms with van der Waals surface area (Å²) in [5, 5.41) is 12.0. The third-order valence-electron chi connectivity index (χ3n) is 4.98. The summed E-state index contributed by atoms with van der Waals surface area (Å²) in [5.74, 6) is 0. The topological polar surface area (TPSA) is 48.7 Å². The second-order valence-electron chi connectivity index (χ2n) is 7.12. The van der Waals surface area contributed by atoms with Gasteiger partial charge in [0.05, 0.1) is 17.5 Å². The molecule has 0 unspecified atom stereocenters. The van der Waals surface area contributed by atoms with Crippen LogP contribution in [0, 0.1) is 11.3 Å². The van der Waals surface area contributed by atoms with Crippen LogP contribution in [0.2, 0.25) is 0 Å². The number of anilines is 1. The lowest BCUT2D eigenvalue weighted by Gasteiger charge is -2.11. The molecule has 146 valence electrons. The van der Waals surface area contributed by atoms with E-state index in [0.29, 0.717) is 6.42 Å². The highest BCUT2D eigenvalue weighted by Gasteiger charge is 2.09. The monoisotopic (exact) mass is 389 g/mol. The molecule has 4 rings (SSSR count). The molecule has 0 aliphatic heterocycles. The molecular formula is C27H23N3. The van der Waals surface area contributed by atoms with Crippen molar-refractivity contribution in [1.82, 2.24) is 4.98 Å². The molecule has 0 bridgehead atoms. The Kier molecular flexibility index (Phi) is 6.17. The number of aromatic nitrogens is 1. The number of nitrogens with one attached hydrogen (secondary N) is 1. The van der Waals surface area contributed by atoms with Gasteiger partial charge in [0.25, 0.3) is 0 Å². The fourth-order valence-corrected chi connectivity index (χ4v) is 3.39. The summed E-state index contributed by atoms with van der Waals surface area (Å²) in [7, 11) is 0. The van der Waals surface area contributed by atoms with Gasteiger partial charge >= 0.3 is 0 Å². The van der Waals surface area contributed by atoms with Crippen molar-refractivity contribution < 1.29 is 0 Å². The lowest BCUT2D eigenvalue weighted by atomic mass is 10.00. The van der Waals surface area contributed by atoms with E-state index in [4.69, 9.17) is 10.2 Å². The Morgan fingerprint density at radius 3 is 1.77 bits per heavy atom. The molecule has 0 aliphatic rings. The first kappa shape index (κ1) is 19.4. The Morgan fingerprint density at radius 1 is 0.667 bits per heavy atom. The molecule has 30 heavy (non-hydrogen) atoms. The van der Waals surface area contributed by atoms with Crippen molar-refractivity contribution in [3.63, 3.8) is 0 Å². The lowest BCUT2D eigenvalue weighted by Crippen LogP contribution is -2.00. The van der Waals surface area contributed by atoms with E-state index in [2.05, 4.69) is 72.0 Å². The van der Waals surface area contributed by atoms with Crippen molar-refractivity contribution in [3.05, 3.63) is 97.1 Å². The van der Waals surface area contributed by atoms with Crippen LogP contribution in [-0.4, -0.2) is 11.5 Å². The minimum absolute atomic E-state index is 0.576.